The fraction of sp³-hybridized carbons (Fsp3) is 0.462. The number of hydrogen-bond donors (Lipinski definition) is 3. The van der Waals surface area contributed by atoms with E-state index in [4.69, 9.17) is 9.88 Å². The first kappa shape index (κ1) is 18.9. The molecule has 0 saturated carbocycles. The quantitative estimate of drug-likeness (QED) is 0.719. The fourth-order valence-corrected chi connectivity index (χ4v) is 2.82. The van der Waals surface area contributed by atoms with Crippen LogP contribution in [-0.4, -0.2) is 39.6 Å². The van der Waals surface area contributed by atoms with Gasteiger partial charge in [-0.05, 0) is 24.6 Å². The molecule has 0 radical (unpaired) electrons. The van der Waals surface area contributed by atoms with Gasteiger partial charge < -0.3 is 15.4 Å². The molecule has 1 fully saturated rings. The average Bonchev–Trinajstić information content (AvgIpc) is 2.40. The topological polar surface area (TPSA) is 111 Å². The third-order valence-electron chi connectivity index (χ3n) is 3.19. The predicted octanol–water partition coefficient (Wildman–Crippen LogP) is 0.212. The molecule has 9 heteroatoms. The van der Waals surface area contributed by atoms with Crippen molar-refractivity contribution in [3.05, 3.63) is 29.8 Å². The molecule has 2 atom stereocenters. The van der Waals surface area contributed by atoms with Crippen LogP contribution in [0.25, 0.3) is 0 Å². The number of rotatable bonds is 4. The minimum absolute atomic E-state index is 0. The number of anilines is 1. The summed E-state index contributed by atoms with van der Waals surface area (Å²) in [5.41, 5.74) is 1.17. The summed E-state index contributed by atoms with van der Waals surface area (Å²) in [5, 5.41) is 10.8. The zero-order valence-electron chi connectivity index (χ0n) is 12.1. The number of morpholine rings is 1. The van der Waals surface area contributed by atoms with Gasteiger partial charge in [-0.3, -0.25) is 4.79 Å². The van der Waals surface area contributed by atoms with Gasteiger partial charge in [0.15, 0.2) is 0 Å². The van der Waals surface area contributed by atoms with Gasteiger partial charge in [-0.2, -0.15) is 0 Å². The maximum absolute atomic E-state index is 12.1. The molecule has 0 bridgehead atoms. The van der Waals surface area contributed by atoms with Crippen LogP contribution in [0.5, 0.6) is 0 Å². The average molecular weight is 350 g/mol. The summed E-state index contributed by atoms with van der Waals surface area (Å²) in [6.07, 6.45) is -0.194. The number of amides is 1. The molecule has 1 aromatic carbocycles. The molecule has 4 N–H and O–H groups in total. The van der Waals surface area contributed by atoms with Crippen molar-refractivity contribution in [2.24, 2.45) is 5.14 Å². The Morgan fingerprint density at radius 2 is 2.05 bits per heavy atom. The summed E-state index contributed by atoms with van der Waals surface area (Å²) in [6.45, 7) is 3.06. The zero-order chi connectivity index (χ0) is 15.5. The van der Waals surface area contributed by atoms with E-state index in [-0.39, 0.29) is 30.2 Å². The molecule has 0 spiro atoms. The molecule has 1 heterocycles. The molecule has 0 unspecified atom stereocenters. The van der Waals surface area contributed by atoms with Crippen LogP contribution in [0.4, 0.5) is 5.69 Å². The number of hydrogen-bond acceptors (Lipinski definition) is 5. The van der Waals surface area contributed by atoms with E-state index in [0.29, 0.717) is 24.4 Å². The molecule has 7 nitrogen and oxygen atoms in total. The van der Waals surface area contributed by atoms with Crippen molar-refractivity contribution in [3.8, 4) is 0 Å². The fourth-order valence-electron chi connectivity index (χ4n) is 2.16. The number of carbonyl (C=O) groups excluding carboxylic acids is 1. The Labute approximate surface area is 136 Å². The Morgan fingerprint density at radius 1 is 1.41 bits per heavy atom. The maximum Gasteiger partial charge on any atom is 0.244 e. The van der Waals surface area contributed by atoms with Gasteiger partial charge in [0.05, 0.1) is 18.5 Å². The lowest BCUT2D eigenvalue weighted by molar-refractivity contribution is -0.123. The lowest BCUT2D eigenvalue weighted by Crippen LogP contribution is -2.53. The van der Waals surface area contributed by atoms with Crippen LogP contribution < -0.4 is 15.8 Å². The summed E-state index contributed by atoms with van der Waals surface area (Å²) in [6, 6.07) is 6.13. The highest BCUT2D eigenvalue weighted by Crippen LogP contribution is 2.13. The van der Waals surface area contributed by atoms with Crippen LogP contribution in [0.3, 0.4) is 0 Å². The zero-order valence-corrected chi connectivity index (χ0v) is 13.7. The van der Waals surface area contributed by atoms with E-state index in [1.807, 2.05) is 6.92 Å². The van der Waals surface area contributed by atoms with E-state index in [2.05, 4.69) is 10.6 Å². The molecule has 0 aliphatic carbocycles. The molecule has 1 saturated heterocycles. The molecule has 1 aliphatic rings. The number of nitrogens with two attached hydrogens (primary N) is 1. The standard InChI is InChI=1S/C13H19N3O4S.ClH/c1-9-12(15-6-7-20-9)13(17)16-11-4-2-10(3-5-11)8-21(14,18)19;/h2-5,9,12,15H,6-8H2,1H3,(H,16,17)(H2,14,18,19);1H/t9-,12+;/m1./s1. The summed E-state index contributed by atoms with van der Waals surface area (Å²) in [5.74, 6) is -0.405. The van der Waals surface area contributed by atoms with Crippen molar-refractivity contribution in [1.29, 1.82) is 0 Å². The Balaban J connectivity index is 0.00000242. The lowest BCUT2D eigenvalue weighted by Gasteiger charge is -2.29. The van der Waals surface area contributed by atoms with Gasteiger partial charge in [0.1, 0.15) is 6.04 Å². The molecule has 1 aliphatic heterocycles. The van der Waals surface area contributed by atoms with Gasteiger partial charge in [0.2, 0.25) is 15.9 Å². The number of carbonyl (C=O) groups is 1. The first-order chi connectivity index (χ1) is 9.85. The Kier molecular flexibility index (Phi) is 6.76. The molecule has 0 aromatic heterocycles. The van der Waals surface area contributed by atoms with Crippen LogP contribution >= 0.6 is 12.4 Å². The van der Waals surface area contributed by atoms with E-state index in [9.17, 15) is 13.2 Å². The molecular formula is C13H20ClN3O4S. The number of sulfonamides is 1. The normalized spacial score (nSPS) is 21.7. The third-order valence-corrected chi connectivity index (χ3v) is 3.92. The van der Waals surface area contributed by atoms with E-state index in [1.165, 1.54) is 0 Å². The number of benzene rings is 1. The van der Waals surface area contributed by atoms with Gasteiger partial charge in [0, 0.05) is 12.2 Å². The summed E-state index contributed by atoms with van der Waals surface area (Å²) >= 11 is 0. The van der Waals surface area contributed by atoms with Gasteiger partial charge in [-0.25, -0.2) is 13.6 Å². The monoisotopic (exact) mass is 349 g/mol. The summed E-state index contributed by atoms with van der Waals surface area (Å²) in [4.78, 5) is 12.1. The number of ether oxygens (including phenoxy) is 1. The highest BCUT2D eigenvalue weighted by Gasteiger charge is 2.28. The number of halogens is 1. The SMILES string of the molecule is C[C@H]1OCCN[C@@H]1C(=O)Nc1ccc(CS(N)(=O)=O)cc1.Cl. The number of primary sulfonamides is 1. The van der Waals surface area contributed by atoms with E-state index >= 15 is 0 Å². The predicted molar refractivity (Wildman–Crippen MR) is 86.3 cm³/mol. The smallest absolute Gasteiger partial charge is 0.244 e. The first-order valence-corrected chi connectivity index (χ1v) is 8.32. The van der Waals surface area contributed by atoms with Crippen LogP contribution in [0.2, 0.25) is 0 Å². The highest BCUT2D eigenvalue weighted by molar-refractivity contribution is 7.88. The summed E-state index contributed by atoms with van der Waals surface area (Å²) in [7, 11) is -3.55. The van der Waals surface area contributed by atoms with Gasteiger partial charge >= 0.3 is 0 Å². The summed E-state index contributed by atoms with van der Waals surface area (Å²) < 4.78 is 27.4. The van der Waals surface area contributed by atoms with Crippen molar-refractivity contribution >= 4 is 34.0 Å². The second-order valence-electron chi connectivity index (χ2n) is 5.00. The molecule has 1 amide bonds. The minimum Gasteiger partial charge on any atom is -0.375 e. The van der Waals surface area contributed by atoms with Crippen molar-refractivity contribution in [2.45, 2.75) is 24.8 Å². The first-order valence-electron chi connectivity index (χ1n) is 6.60. The van der Waals surface area contributed by atoms with E-state index in [1.54, 1.807) is 24.3 Å². The van der Waals surface area contributed by atoms with Crippen molar-refractivity contribution in [1.82, 2.24) is 5.32 Å². The Bertz CT molecular complexity index is 606. The van der Waals surface area contributed by atoms with Gasteiger partial charge in [-0.15, -0.1) is 12.4 Å². The molecule has 1 aromatic rings. The third kappa shape index (κ3) is 5.54. The molecule has 22 heavy (non-hydrogen) atoms. The van der Waals surface area contributed by atoms with Crippen molar-refractivity contribution < 1.29 is 17.9 Å². The maximum atomic E-state index is 12.1. The van der Waals surface area contributed by atoms with Crippen molar-refractivity contribution in [3.63, 3.8) is 0 Å². The van der Waals surface area contributed by atoms with Crippen LogP contribution in [0.15, 0.2) is 24.3 Å². The molecular weight excluding hydrogens is 330 g/mol. The van der Waals surface area contributed by atoms with Gasteiger partial charge in [-0.1, -0.05) is 12.1 Å². The van der Waals surface area contributed by atoms with Crippen LogP contribution in [-0.2, 0) is 25.3 Å². The van der Waals surface area contributed by atoms with Gasteiger partial charge in [0.25, 0.3) is 0 Å². The number of nitrogens with one attached hydrogen (secondary N) is 2. The van der Waals surface area contributed by atoms with E-state index < -0.39 is 16.1 Å². The largest absolute Gasteiger partial charge is 0.375 e. The second kappa shape index (κ2) is 7.89. The molecule has 124 valence electrons. The van der Waals surface area contributed by atoms with Crippen LogP contribution in [0, 0.1) is 0 Å². The lowest BCUT2D eigenvalue weighted by atomic mass is 10.1. The second-order valence-corrected chi connectivity index (χ2v) is 6.62. The highest BCUT2D eigenvalue weighted by atomic mass is 35.5. The molecule has 2 rings (SSSR count). The Morgan fingerprint density at radius 3 is 2.59 bits per heavy atom. The van der Waals surface area contributed by atoms with Crippen molar-refractivity contribution in [2.75, 3.05) is 18.5 Å². The van der Waals surface area contributed by atoms with Crippen LogP contribution in [0.1, 0.15) is 12.5 Å². The minimum atomic E-state index is -3.55. The van der Waals surface area contributed by atoms with E-state index in [0.717, 1.165) is 0 Å². The Hall–Kier alpha value is -1.19.